The van der Waals surface area contributed by atoms with Gasteiger partial charge in [-0.15, -0.1) is 0 Å². The summed E-state index contributed by atoms with van der Waals surface area (Å²) in [5, 5.41) is 5.90. The highest BCUT2D eigenvalue weighted by Crippen LogP contribution is 2.44. The lowest BCUT2D eigenvalue weighted by Gasteiger charge is -2.27. The molecule has 1 atom stereocenters. The van der Waals surface area contributed by atoms with Gasteiger partial charge in [0.25, 0.3) is 0 Å². The zero-order valence-corrected chi connectivity index (χ0v) is 18.0. The molecule has 0 radical (unpaired) electrons. The van der Waals surface area contributed by atoms with Crippen LogP contribution in [0.5, 0.6) is 11.5 Å². The van der Waals surface area contributed by atoms with E-state index in [1.807, 2.05) is 38.1 Å². The van der Waals surface area contributed by atoms with Gasteiger partial charge in [0.2, 0.25) is 5.96 Å². The molecule has 0 saturated heterocycles. The number of fused-ring (bicyclic) bond motifs is 1. The van der Waals surface area contributed by atoms with Gasteiger partial charge in [-0.2, -0.15) is 0 Å². The van der Waals surface area contributed by atoms with Crippen LogP contribution in [0.3, 0.4) is 0 Å². The molecule has 0 aliphatic carbocycles. The lowest BCUT2D eigenvalue weighted by molar-refractivity contribution is 0.480. The van der Waals surface area contributed by atoms with Crippen molar-refractivity contribution in [3.63, 3.8) is 0 Å². The minimum Gasteiger partial charge on any atom is -0.453 e. The predicted octanol–water partition coefficient (Wildman–Crippen LogP) is 5.91. The lowest BCUT2D eigenvalue weighted by Crippen LogP contribution is -2.31. The molecular formula is C22H20ClFN4OS. The fraction of sp³-hybridized carbons (Fsp3) is 0.136. The Hall–Kier alpha value is -2.90. The largest absolute Gasteiger partial charge is 0.453 e. The number of guanidine groups is 1. The standard InChI is InChI=1S/C22H20ClFN4OS/c1-3-30-19-11-10-14(2)21(29-18-9-5-4-7-15(18)23)20(19)27-22(28-30)26-13-17-16(24)8-6-12-25-17/h3-12H,13H2,1-2H3,(H2,26,27,28). The molecule has 1 aliphatic heterocycles. The molecule has 2 aromatic carbocycles. The fourth-order valence-electron chi connectivity index (χ4n) is 2.99. The van der Waals surface area contributed by atoms with Gasteiger partial charge in [0.05, 0.1) is 22.9 Å². The van der Waals surface area contributed by atoms with E-state index < -0.39 is 10.7 Å². The monoisotopic (exact) mass is 442 g/mol. The van der Waals surface area contributed by atoms with Crippen molar-refractivity contribution in [2.24, 2.45) is 4.99 Å². The summed E-state index contributed by atoms with van der Waals surface area (Å²) >= 11 is 6.30. The van der Waals surface area contributed by atoms with Gasteiger partial charge in [0.1, 0.15) is 11.6 Å². The van der Waals surface area contributed by atoms with Gasteiger partial charge in [-0.3, -0.25) is 4.98 Å². The molecule has 5 nitrogen and oxygen atoms in total. The fourth-order valence-corrected chi connectivity index (χ4v) is 4.55. The smallest absolute Gasteiger partial charge is 0.206 e. The zero-order chi connectivity index (χ0) is 21.1. The Labute approximate surface area is 182 Å². The predicted molar refractivity (Wildman–Crippen MR) is 122 cm³/mol. The number of halogens is 2. The Bertz CT molecular complexity index is 1170. The number of aryl methyl sites for hydroxylation is 1. The van der Waals surface area contributed by atoms with E-state index in [-0.39, 0.29) is 18.1 Å². The molecule has 1 unspecified atom stereocenters. The maximum atomic E-state index is 13.9. The third-order valence-corrected chi connectivity index (χ3v) is 6.52. The molecule has 0 fully saturated rings. The highest BCUT2D eigenvalue weighted by molar-refractivity contribution is 8.14. The Morgan fingerprint density at radius 2 is 2.03 bits per heavy atom. The van der Waals surface area contributed by atoms with Crippen molar-refractivity contribution in [2.75, 3.05) is 5.32 Å². The number of anilines is 1. The molecule has 0 spiro atoms. The SMILES string of the molecule is C/C=S1/NC(=NCc2ncccc2F)Nc2c1ccc(C)c2Oc1ccccc1Cl. The normalized spacial score (nSPS) is 16.7. The van der Waals surface area contributed by atoms with Crippen LogP contribution < -0.4 is 14.8 Å². The van der Waals surface area contributed by atoms with Crippen molar-refractivity contribution in [1.29, 1.82) is 0 Å². The molecule has 0 saturated carbocycles. The van der Waals surface area contributed by atoms with Gasteiger partial charge in [-0.05, 0) is 55.1 Å². The maximum Gasteiger partial charge on any atom is 0.206 e. The highest BCUT2D eigenvalue weighted by Gasteiger charge is 2.23. The Morgan fingerprint density at radius 1 is 1.20 bits per heavy atom. The van der Waals surface area contributed by atoms with E-state index in [4.69, 9.17) is 16.3 Å². The van der Waals surface area contributed by atoms with Gasteiger partial charge < -0.3 is 14.8 Å². The van der Waals surface area contributed by atoms with Crippen molar-refractivity contribution in [1.82, 2.24) is 9.71 Å². The van der Waals surface area contributed by atoms with Gasteiger partial charge in [-0.25, -0.2) is 9.38 Å². The minimum atomic E-state index is -0.397. The molecule has 30 heavy (non-hydrogen) atoms. The van der Waals surface area contributed by atoms with Crippen LogP contribution >= 0.6 is 22.3 Å². The number of aromatic nitrogens is 1. The van der Waals surface area contributed by atoms with Crippen LogP contribution in [0.15, 0.2) is 64.6 Å². The van der Waals surface area contributed by atoms with E-state index in [9.17, 15) is 4.39 Å². The molecule has 0 bridgehead atoms. The quantitative estimate of drug-likeness (QED) is 0.493. The molecule has 8 heteroatoms. The van der Waals surface area contributed by atoms with E-state index in [2.05, 4.69) is 31.4 Å². The lowest BCUT2D eigenvalue weighted by atomic mass is 10.2. The van der Waals surface area contributed by atoms with Crippen LogP contribution in [0.4, 0.5) is 10.1 Å². The molecule has 154 valence electrons. The number of ether oxygens (including phenoxy) is 1. The second kappa shape index (κ2) is 8.85. The number of pyridine rings is 1. The van der Waals surface area contributed by atoms with Crippen molar-refractivity contribution in [3.8, 4) is 11.5 Å². The number of hydrogen-bond donors (Lipinski definition) is 2. The summed E-state index contributed by atoms with van der Waals surface area (Å²) in [6.45, 7) is 4.07. The average molecular weight is 443 g/mol. The number of rotatable bonds is 4. The molecule has 0 amide bonds. The summed E-state index contributed by atoms with van der Waals surface area (Å²) in [7, 11) is -0.397. The zero-order valence-electron chi connectivity index (χ0n) is 16.4. The Morgan fingerprint density at radius 3 is 2.80 bits per heavy atom. The van der Waals surface area contributed by atoms with Crippen LogP contribution in [-0.2, 0) is 6.54 Å². The second-order valence-corrected chi connectivity index (χ2v) is 8.71. The topological polar surface area (TPSA) is 58.5 Å². The van der Waals surface area contributed by atoms with Crippen molar-refractivity contribution in [2.45, 2.75) is 25.3 Å². The van der Waals surface area contributed by atoms with Crippen LogP contribution in [-0.4, -0.2) is 16.3 Å². The first-order valence-corrected chi connectivity index (χ1v) is 11.0. The molecule has 2 heterocycles. The molecule has 3 aromatic rings. The molecule has 1 aromatic heterocycles. The second-order valence-electron chi connectivity index (χ2n) is 6.51. The van der Waals surface area contributed by atoms with Crippen LogP contribution in [0.25, 0.3) is 0 Å². The number of nitrogens with one attached hydrogen (secondary N) is 2. The van der Waals surface area contributed by atoms with Crippen LogP contribution in [0.2, 0.25) is 5.02 Å². The van der Waals surface area contributed by atoms with E-state index in [1.165, 1.54) is 6.07 Å². The van der Waals surface area contributed by atoms with Crippen LogP contribution in [0, 0.1) is 12.7 Å². The first kappa shape index (κ1) is 20.4. The summed E-state index contributed by atoms with van der Waals surface area (Å²) in [5.74, 6) is 1.41. The highest BCUT2D eigenvalue weighted by atomic mass is 35.5. The number of benzene rings is 2. The number of aliphatic imine (C=N–C) groups is 1. The van der Waals surface area contributed by atoms with Crippen molar-refractivity contribution in [3.05, 3.63) is 76.8 Å². The van der Waals surface area contributed by atoms with Crippen molar-refractivity contribution < 1.29 is 9.13 Å². The van der Waals surface area contributed by atoms with Gasteiger partial charge in [0, 0.05) is 11.1 Å². The summed E-state index contributed by atoms with van der Waals surface area (Å²) in [5.41, 5.74) is 2.06. The molecule has 2 N–H and O–H groups in total. The number of nitrogens with zero attached hydrogens (tertiary/aromatic N) is 2. The summed E-state index contributed by atoms with van der Waals surface area (Å²) in [6, 6.07) is 14.4. The Kier molecular flexibility index (Phi) is 6.01. The maximum absolute atomic E-state index is 13.9. The number of para-hydroxylation sites is 1. The van der Waals surface area contributed by atoms with E-state index >= 15 is 0 Å². The molecular weight excluding hydrogens is 423 g/mol. The summed E-state index contributed by atoms with van der Waals surface area (Å²) in [6.07, 6.45) is 1.55. The van der Waals surface area contributed by atoms with Crippen LogP contribution in [0.1, 0.15) is 18.2 Å². The summed E-state index contributed by atoms with van der Waals surface area (Å²) < 4.78 is 23.5. The minimum absolute atomic E-state index is 0.116. The first-order chi connectivity index (χ1) is 14.6. The third kappa shape index (κ3) is 4.17. The first-order valence-electron chi connectivity index (χ1n) is 9.33. The van der Waals surface area contributed by atoms with Crippen molar-refractivity contribution >= 4 is 39.3 Å². The van der Waals surface area contributed by atoms with E-state index in [0.717, 1.165) is 16.1 Å². The van der Waals surface area contributed by atoms with E-state index in [0.29, 0.717) is 22.5 Å². The molecule has 1 aliphatic rings. The third-order valence-electron chi connectivity index (χ3n) is 4.51. The average Bonchev–Trinajstić information content (AvgIpc) is 2.76. The Balaban J connectivity index is 1.71. The number of hydrogen-bond acceptors (Lipinski definition) is 3. The van der Waals surface area contributed by atoms with Gasteiger partial charge >= 0.3 is 0 Å². The van der Waals surface area contributed by atoms with E-state index in [1.54, 1.807) is 18.3 Å². The van der Waals surface area contributed by atoms with Gasteiger partial charge in [0.15, 0.2) is 5.75 Å². The van der Waals surface area contributed by atoms with Gasteiger partial charge in [-0.1, -0.05) is 40.5 Å². The molecule has 4 rings (SSSR count). The summed E-state index contributed by atoms with van der Waals surface area (Å²) in [4.78, 5) is 9.61.